The Kier molecular flexibility index (Phi) is 7.01. The lowest BCUT2D eigenvalue weighted by molar-refractivity contribution is -0.137. The molecule has 0 radical (unpaired) electrons. The minimum Gasteiger partial charge on any atom is -0.342 e. The zero-order valence-electron chi connectivity index (χ0n) is 17.8. The third-order valence-electron chi connectivity index (χ3n) is 4.55. The lowest BCUT2D eigenvalue weighted by Crippen LogP contribution is -2.29. The third-order valence-corrected chi connectivity index (χ3v) is 4.77. The summed E-state index contributed by atoms with van der Waals surface area (Å²) >= 11 is 5.76. The molecule has 0 aliphatic carbocycles. The summed E-state index contributed by atoms with van der Waals surface area (Å²) in [7, 11) is 0. The van der Waals surface area contributed by atoms with Gasteiger partial charge in [0.1, 0.15) is 6.33 Å². The van der Waals surface area contributed by atoms with Gasteiger partial charge in [-0.2, -0.15) is 23.0 Å². The summed E-state index contributed by atoms with van der Waals surface area (Å²) in [5.74, 6) is -0.439. The fourth-order valence-corrected chi connectivity index (χ4v) is 3.06. The molecule has 0 unspecified atom stereocenters. The highest BCUT2D eigenvalue weighted by molar-refractivity contribution is 6.31. The highest BCUT2D eigenvalue weighted by Crippen LogP contribution is 2.32. The van der Waals surface area contributed by atoms with E-state index in [0.717, 1.165) is 18.2 Å². The molecule has 2 N–H and O–H groups in total. The van der Waals surface area contributed by atoms with Gasteiger partial charge in [-0.05, 0) is 37.3 Å². The van der Waals surface area contributed by atoms with Crippen LogP contribution in [0.3, 0.4) is 0 Å². The normalized spacial score (nSPS) is 12.5. The second-order valence-electron chi connectivity index (χ2n) is 7.50. The summed E-state index contributed by atoms with van der Waals surface area (Å²) < 4.78 is 40.5. The number of aromatic nitrogens is 4. The number of alkyl halides is 3. The van der Waals surface area contributed by atoms with E-state index < -0.39 is 23.7 Å². The molecule has 2 amide bonds. The SMILES string of the molecule is CC(C)C(=O)Nc1ccc(-n2ncnc2[C@H](C)NC(=O)c2cc(Cl)cc(C(F)(F)F)c2)nc1. The van der Waals surface area contributed by atoms with Crippen LogP contribution in [0.4, 0.5) is 18.9 Å². The first-order valence-electron chi connectivity index (χ1n) is 9.81. The van der Waals surface area contributed by atoms with Gasteiger partial charge in [0.05, 0.1) is 23.5 Å². The number of amides is 2. The van der Waals surface area contributed by atoms with Crippen molar-refractivity contribution < 1.29 is 22.8 Å². The Hall–Kier alpha value is -3.47. The Morgan fingerprint density at radius 3 is 2.42 bits per heavy atom. The number of hydrogen-bond acceptors (Lipinski definition) is 5. The number of hydrogen-bond donors (Lipinski definition) is 2. The predicted octanol–water partition coefficient (Wildman–Crippen LogP) is 4.42. The van der Waals surface area contributed by atoms with E-state index in [9.17, 15) is 22.8 Å². The lowest BCUT2D eigenvalue weighted by Gasteiger charge is -2.16. The average molecular weight is 481 g/mol. The van der Waals surface area contributed by atoms with Gasteiger partial charge < -0.3 is 10.6 Å². The van der Waals surface area contributed by atoms with Crippen LogP contribution in [-0.2, 0) is 11.0 Å². The quantitative estimate of drug-likeness (QED) is 0.544. The van der Waals surface area contributed by atoms with E-state index in [4.69, 9.17) is 11.6 Å². The molecule has 3 rings (SSSR count). The van der Waals surface area contributed by atoms with Gasteiger partial charge in [-0.25, -0.2) is 9.97 Å². The molecule has 3 aromatic rings. The molecule has 33 heavy (non-hydrogen) atoms. The molecule has 0 aliphatic rings. The average Bonchev–Trinajstić information content (AvgIpc) is 3.23. The van der Waals surface area contributed by atoms with Crippen LogP contribution in [0.15, 0.2) is 42.9 Å². The van der Waals surface area contributed by atoms with Gasteiger partial charge in [-0.15, -0.1) is 0 Å². The van der Waals surface area contributed by atoms with Crippen LogP contribution >= 0.6 is 11.6 Å². The Bertz CT molecular complexity index is 1160. The fraction of sp³-hybridized carbons (Fsp3) is 0.286. The summed E-state index contributed by atoms with van der Waals surface area (Å²) in [5.41, 5.74) is -0.761. The van der Waals surface area contributed by atoms with E-state index in [-0.39, 0.29) is 22.4 Å². The van der Waals surface area contributed by atoms with Crippen molar-refractivity contribution in [1.82, 2.24) is 25.1 Å². The number of rotatable bonds is 6. The maximum Gasteiger partial charge on any atom is 0.416 e. The second kappa shape index (κ2) is 9.57. The van der Waals surface area contributed by atoms with Crippen LogP contribution in [0, 0.1) is 5.92 Å². The molecule has 0 saturated heterocycles. The molecule has 2 aromatic heterocycles. The van der Waals surface area contributed by atoms with Crippen molar-refractivity contribution in [3.8, 4) is 5.82 Å². The number of nitrogens with zero attached hydrogens (tertiary/aromatic N) is 4. The zero-order valence-corrected chi connectivity index (χ0v) is 18.6. The Morgan fingerprint density at radius 1 is 1.09 bits per heavy atom. The topological polar surface area (TPSA) is 102 Å². The first-order valence-corrected chi connectivity index (χ1v) is 10.2. The maximum atomic E-state index is 13.0. The Balaban J connectivity index is 1.78. The molecule has 0 bridgehead atoms. The third kappa shape index (κ3) is 5.86. The first kappa shape index (κ1) is 24.2. The number of benzene rings is 1. The molecule has 1 atom stereocenters. The minimum absolute atomic E-state index is 0.156. The highest BCUT2D eigenvalue weighted by Gasteiger charge is 2.32. The van der Waals surface area contributed by atoms with Crippen molar-refractivity contribution >= 4 is 29.1 Å². The molecule has 174 valence electrons. The van der Waals surface area contributed by atoms with Crippen molar-refractivity contribution in [3.05, 3.63) is 64.8 Å². The molecule has 2 heterocycles. The lowest BCUT2D eigenvalue weighted by atomic mass is 10.1. The van der Waals surface area contributed by atoms with Crippen LogP contribution in [0.25, 0.3) is 5.82 Å². The summed E-state index contributed by atoms with van der Waals surface area (Å²) in [6, 6.07) is 5.14. The van der Waals surface area contributed by atoms with E-state index in [1.54, 1.807) is 32.9 Å². The van der Waals surface area contributed by atoms with Crippen LogP contribution in [0.5, 0.6) is 0 Å². The van der Waals surface area contributed by atoms with Gasteiger partial charge in [-0.1, -0.05) is 25.4 Å². The van der Waals surface area contributed by atoms with Crippen LogP contribution in [0.2, 0.25) is 5.02 Å². The largest absolute Gasteiger partial charge is 0.416 e. The van der Waals surface area contributed by atoms with E-state index in [2.05, 4.69) is 25.7 Å². The zero-order chi connectivity index (χ0) is 24.3. The molecule has 0 saturated carbocycles. The van der Waals surface area contributed by atoms with Crippen LogP contribution in [0.1, 0.15) is 48.6 Å². The Morgan fingerprint density at radius 2 is 1.82 bits per heavy atom. The van der Waals surface area contributed by atoms with Crippen molar-refractivity contribution in [2.45, 2.75) is 33.0 Å². The van der Waals surface area contributed by atoms with E-state index >= 15 is 0 Å². The monoisotopic (exact) mass is 480 g/mol. The van der Waals surface area contributed by atoms with Gasteiger partial charge in [0.2, 0.25) is 5.91 Å². The molecule has 0 spiro atoms. The van der Waals surface area contributed by atoms with Gasteiger partial charge in [-0.3, -0.25) is 9.59 Å². The van der Waals surface area contributed by atoms with Crippen molar-refractivity contribution in [3.63, 3.8) is 0 Å². The summed E-state index contributed by atoms with van der Waals surface area (Å²) in [6.07, 6.45) is -1.93. The number of carbonyl (C=O) groups is 2. The van der Waals surface area contributed by atoms with Crippen molar-refractivity contribution in [2.24, 2.45) is 5.92 Å². The molecule has 0 aliphatic heterocycles. The standard InChI is InChI=1S/C21H20ClF3N6O2/c1-11(2)19(32)30-16-4-5-17(26-9-16)31-18(27-10-28-31)12(3)29-20(33)13-6-14(21(23,24)25)8-15(22)7-13/h4-12H,1-3H3,(H,29,33)(H,30,32)/t12-/m0/s1. The number of nitrogens with one attached hydrogen (secondary N) is 2. The van der Waals surface area contributed by atoms with Gasteiger partial charge in [0.15, 0.2) is 11.6 Å². The van der Waals surface area contributed by atoms with Crippen LogP contribution in [-0.4, -0.2) is 31.6 Å². The smallest absolute Gasteiger partial charge is 0.342 e. The molecular weight excluding hydrogens is 461 g/mol. The molecular formula is C21H20ClF3N6O2. The molecule has 1 aromatic carbocycles. The highest BCUT2D eigenvalue weighted by atomic mass is 35.5. The van der Waals surface area contributed by atoms with Crippen molar-refractivity contribution in [1.29, 1.82) is 0 Å². The summed E-state index contributed by atoms with van der Waals surface area (Å²) in [5, 5.41) is 9.20. The Labute approximate surface area is 192 Å². The number of carbonyl (C=O) groups excluding carboxylic acids is 2. The molecule has 8 nitrogen and oxygen atoms in total. The fourth-order valence-electron chi connectivity index (χ4n) is 2.82. The number of pyridine rings is 1. The molecule has 12 heteroatoms. The van der Waals surface area contributed by atoms with Gasteiger partial charge in [0.25, 0.3) is 5.91 Å². The minimum atomic E-state index is -4.64. The van der Waals surface area contributed by atoms with E-state index in [0.29, 0.717) is 17.3 Å². The maximum absolute atomic E-state index is 13.0. The summed E-state index contributed by atoms with van der Waals surface area (Å²) in [6.45, 7) is 5.13. The first-order chi connectivity index (χ1) is 15.5. The van der Waals surface area contributed by atoms with Gasteiger partial charge >= 0.3 is 6.18 Å². The number of anilines is 1. The van der Waals surface area contributed by atoms with Gasteiger partial charge in [0, 0.05) is 16.5 Å². The van der Waals surface area contributed by atoms with Crippen molar-refractivity contribution in [2.75, 3.05) is 5.32 Å². The predicted molar refractivity (Wildman–Crippen MR) is 115 cm³/mol. The summed E-state index contributed by atoms with van der Waals surface area (Å²) in [4.78, 5) is 32.8. The van der Waals surface area contributed by atoms with E-state index in [1.807, 2.05) is 0 Å². The van der Waals surface area contributed by atoms with E-state index in [1.165, 1.54) is 17.2 Å². The second-order valence-corrected chi connectivity index (χ2v) is 7.94. The van der Waals surface area contributed by atoms with Crippen LogP contribution < -0.4 is 10.6 Å². The molecule has 0 fully saturated rings. The number of halogens is 4.